The monoisotopic (exact) mass is 533 g/mol. The number of amides is 2. The molecule has 0 bridgehead atoms. The smallest absolute Gasteiger partial charge is 0.251 e. The van der Waals surface area contributed by atoms with Gasteiger partial charge in [-0.25, -0.2) is 0 Å². The Hall–Kier alpha value is -2.07. The maximum atomic E-state index is 13.2. The van der Waals surface area contributed by atoms with Gasteiger partial charge in [-0.3, -0.25) is 14.9 Å². The molecule has 0 spiro atoms. The van der Waals surface area contributed by atoms with Crippen LogP contribution in [0.1, 0.15) is 54.4 Å². The van der Waals surface area contributed by atoms with Gasteiger partial charge in [0, 0.05) is 42.4 Å². The summed E-state index contributed by atoms with van der Waals surface area (Å²) >= 11 is 1.76. The van der Waals surface area contributed by atoms with Crippen LogP contribution < -0.4 is 16.0 Å². The number of likely N-dealkylation sites (tertiary alicyclic amines) is 1. The molecule has 0 aliphatic carbocycles. The van der Waals surface area contributed by atoms with Crippen molar-refractivity contribution in [1.29, 1.82) is 0 Å². The van der Waals surface area contributed by atoms with E-state index in [-0.39, 0.29) is 29.5 Å². The lowest BCUT2D eigenvalue weighted by Gasteiger charge is -2.28. The highest BCUT2D eigenvalue weighted by Crippen LogP contribution is 2.31. The summed E-state index contributed by atoms with van der Waals surface area (Å²) in [7, 11) is 2.11. The van der Waals surface area contributed by atoms with Gasteiger partial charge in [0.05, 0.1) is 12.1 Å². The van der Waals surface area contributed by atoms with Gasteiger partial charge in [0.25, 0.3) is 5.91 Å². The molecule has 4 unspecified atom stereocenters. The Balaban J connectivity index is 1.99. The highest BCUT2D eigenvalue weighted by atomic mass is 32.2. The van der Waals surface area contributed by atoms with Gasteiger partial charge in [-0.05, 0) is 65.8 Å². The lowest BCUT2D eigenvalue weighted by Crippen LogP contribution is -2.50. The summed E-state index contributed by atoms with van der Waals surface area (Å²) in [6.45, 7) is 20.2. The Kier molecular flexibility index (Phi) is 12.9. The van der Waals surface area contributed by atoms with Gasteiger partial charge < -0.3 is 25.2 Å². The number of allylic oxidation sites excluding steroid dienone is 4. The van der Waals surface area contributed by atoms with Gasteiger partial charge in [0.1, 0.15) is 11.5 Å². The summed E-state index contributed by atoms with van der Waals surface area (Å²) in [6.07, 6.45) is 6.61. The van der Waals surface area contributed by atoms with Crippen molar-refractivity contribution in [2.24, 2.45) is 0 Å². The average molecular weight is 534 g/mol. The third-order valence-electron chi connectivity index (χ3n) is 7.03. The van der Waals surface area contributed by atoms with E-state index in [1.54, 1.807) is 17.8 Å². The van der Waals surface area contributed by atoms with Crippen LogP contribution in [0.2, 0.25) is 0 Å². The van der Waals surface area contributed by atoms with E-state index < -0.39 is 6.04 Å². The molecule has 0 aromatic carbocycles. The predicted molar refractivity (Wildman–Crippen MR) is 154 cm³/mol. The van der Waals surface area contributed by atoms with Gasteiger partial charge in [-0.1, -0.05) is 44.3 Å². The second-order valence-corrected chi connectivity index (χ2v) is 10.9. The van der Waals surface area contributed by atoms with Crippen molar-refractivity contribution in [3.8, 4) is 0 Å². The zero-order chi connectivity index (χ0) is 27.5. The summed E-state index contributed by atoms with van der Waals surface area (Å²) in [5, 5.41) is 9.99. The number of rotatable bonds is 14. The van der Waals surface area contributed by atoms with Crippen LogP contribution in [0.15, 0.2) is 46.6 Å². The lowest BCUT2D eigenvalue weighted by atomic mass is 10.1. The minimum Gasteiger partial charge on any atom is -0.376 e. The molecule has 8 nitrogen and oxygen atoms in total. The van der Waals surface area contributed by atoms with E-state index >= 15 is 0 Å². The lowest BCUT2D eigenvalue weighted by molar-refractivity contribution is -0.137. The first-order valence-electron chi connectivity index (χ1n) is 13.5. The van der Waals surface area contributed by atoms with Crippen LogP contribution in [0.5, 0.6) is 0 Å². The number of thioether (sulfide) groups is 1. The molecule has 2 heterocycles. The van der Waals surface area contributed by atoms with E-state index in [0.717, 1.165) is 37.3 Å². The van der Waals surface area contributed by atoms with Gasteiger partial charge in [-0.2, -0.15) is 0 Å². The minimum atomic E-state index is -0.583. The highest BCUT2D eigenvalue weighted by molar-refractivity contribution is 8.03. The SMILES string of the molecule is C=C/C(=C\C=C(/C)C1=C(C)SC(NCCN(C)CC)N1)C(=O)NC(CC)C(=O)N1CCC(OCC)C1C. The molecule has 0 aromatic heterocycles. The number of hydrogen-bond donors (Lipinski definition) is 3. The van der Waals surface area contributed by atoms with Crippen LogP contribution in [0.3, 0.4) is 0 Å². The van der Waals surface area contributed by atoms with Gasteiger partial charge in [-0.15, -0.1) is 0 Å². The van der Waals surface area contributed by atoms with Crippen LogP contribution in [0.4, 0.5) is 0 Å². The van der Waals surface area contributed by atoms with Crippen molar-refractivity contribution < 1.29 is 14.3 Å². The van der Waals surface area contributed by atoms with Crippen molar-refractivity contribution in [1.82, 2.24) is 25.8 Å². The fourth-order valence-corrected chi connectivity index (χ4v) is 5.57. The Labute approximate surface area is 228 Å². The quantitative estimate of drug-likeness (QED) is 0.233. The first-order valence-corrected chi connectivity index (χ1v) is 14.3. The molecule has 37 heavy (non-hydrogen) atoms. The number of likely N-dealkylation sites (N-methyl/N-ethyl adjacent to an activating group) is 1. The first kappa shape index (κ1) is 31.1. The summed E-state index contributed by atoms with van der Waals surface area (Å²) < 4.78 is 5.76. The minimum absolute atomic E-state index is 0.00225. The highest BCUT2D eigenvalue weighted by Gasteiger charge is 2.37. The number of ether oxygens (including phenoxy) is 1. The zero-order valence-corrected chi connectivity index (χ0v) is 24.5. The van der Waals surface area contributed by atoms with Crippen molar-refractivity contribution in [2.75, 3.05) is 39.8 Å². The van der Waals surface area contributed by atoms with Crippen molar-refractivity contribution in [3.63, 3.8) is 0 Å². The van der Waals surface area contributed by atoms with E-state index in [1.807, 2.05) is 38.7 Å². The topological polar surface area (TPSA) is 85.9 Å². The molecule has 2 amide bonds. The molecule has 1 saturated heterocycles. The van der Waals surface area contributed by atoms with Crippen molar-refractivity contribution in [2.45, 2.75) is 78.1 Å². The van der Waals surface area contributed by atoms with E-state index in [2.05, 4.69) is 48.3 Å². The number of carbonyl (C=O) groups excluding carboxylic acids is 2. The van der Waals surface area contributed by atoms with E-state index in [1.165, 1.54) is 11.0 Å². The van der Waals surface area contributed by atoms with Crippen LogP contribution in [0, 0.1) is 0 Å². The fraction of sp³-hybridized carbons (Fsp3) is 0.643. The summed E-state index contributed by atoms with van der Waals surface area (Å²) in [5.41, 5.74) is 2.65. The molecular formula is C28H47N5O3S. The number of nitrogens with one attached hydrogen (secondary N) is 3. The van der Waals surface area contributed by atoms with Gasteiger partial charge in [0.15, 0.2) is 0 Å². The summed E-state index contributed by atoms with van der Waals surface area (Å²) in [6, 6.07) is -0.585. The molecule has 2 aliphatic rings. The zero-order valence-electron chi connectivity index (χ0n) is 23.7. The van der Waals surface area contributed by atoms with Crippen LogP contribution in [-0.4, -0.2) is 85.1 Å². The maximum Gasteiger partial charge on any atom is 0.251 e. The third kappa shape index (κ3) is 8.74. The molecule has 0 aromatic rings. The molecule has 2 rings (SSSR count). The maximum absolute atomic E-state index is 13.2. The molecule has 208 valence electrons. The third-order valence-corrected chi connectivity index (χ3v) is 8.11. The molecule has 1 fully saturated rings. The Morgan fingerprint density at radius 1 is 1.32 bits per heavy atom. The van der Waals surface area contributed by atoms with E-state index in [0.29, 0.717) is 25.1 Å². The molecule has 4 atom stereocenters. The second-order valence-electron chi connectivity index (χ2n) is 9.59. The van der Waals surface area contributed by atoms with Crippen LogP contribution in [0.25, 0.3) is 0 Å². The largest absolute Gasteiger partial charge is 0.376 e. The molecule has 2 aliphatic heterocycles. The standard InChI is InChI=1S/C28H47N5O3S/c1-9-22(14-13-19(5)25-21(7)37-28(31-25)29-16-18-32(8)11-3)26(34)30-23(10-2)27(35)33-17-15-24(20(33)6)36-12-4/h9,13-14,20,23-24,28-29,31H,1,10-12,15-18H2,2-8H3,(H,30,34)/b19-13+,22-14+. The van der Waals surface area contributed by atoms with Crippen molar-refractivity contribution >= 4 is 23.6 Å². The number of hydrogen-bond acceptors (Lipinski definition) is 7. The number of nitrogens with zero attached hydrogens (tertiary/aromatic N) is 2. The molecule has 0 saturated carbocycles. The van der Waals surface area contributed by atoms with Crippen molar-refractivity contribution in [3.05, 3.63) is 46.6 Å². The molecule has 3 N–H and O–H groups in total. The van der Waals surface area contributed by atoms with Crippen LogP contribution >= 0.6 is 11.8 Å². The molecule has 9 heteroatoms. The summed E-state index contributed by atoms with van der Waals surface area (Å²) in [5.74, 6) is -0.358. The van der Waals surface area contributed by atoms with E-state index in [9.17, 15) is 9.59 Å². The normalized spacial score (nSPS) is 23.5. The fourth-order valence-electron chi connectivity index (χ4n) is 4.50. The second kappa shape index (κ2) is 15.4. The average Bonchev–Trinajstić information content (AvgIpc) is 3.44. The van der Waals surface area contributed by atoms with Gasteiger partial charge in [0.2, 0.25) is 5.91 Å². The summed E-state index contributed by atoms with van der Waals surface area (Å²) in [4.78, 5) is 31.5. The Bertz CT molecular complexity index is 900. The Morgan fingerprint density at radius 3 is 2.68 bits per heavy atom. The predicted octanol–water partition coefficient (Wildman–Crippen LogP) is 3.36. The van der Waals surface area contributed by atoms with Crippen LogP contribution in [-0.2, 0) is 14.3 Å². The molecule has 0 radical (unpaired) electrons. The first-order chi connectivity index (χ1) is 17.7. The number of carbonyl (C=O) groups is 2. The van der Waals surface area contributed by atoms with Gasteiger partial charge >= 0.3 is 0 Å². The van der Waals surface area contributed by atoms with E-state index in [4.69, 9.17) is 4.74 Å². The molecular weight excluding hydrogens is 486 g/mol. The Morgan fingerprint density at radius 2 is 2.05 bits per heavy atom.